The Hall–Kier alpha value is -1.91. The Kier molecular flexibility index (Phi) is 6.12. The normalized spacial score (nSPS) is 39.2. The molecule has 1 aromatic heterocycles. The summed E-state index contributed by atoms with van der Waals surface area (Å²) in [5, 5.41) is 12.0. The van der Waals surface area contributed by atoms with Crippen molar-refractivity contribution in [2.45, 2.75) is 110 Å². The fraction of sp³-hybridized carbons (Fsp3) is 0.656. The summed E-state index contributed by atoms with van der Waals surface area (Å²) in [4.78, 5) is 16.8. The van der Waals surface area contributed by atoms with Gasteiger partial charge in [0.25, 0.3) is 0 Å². The molecule has 0 radical (unpaired) electrons. The third-order valence-corrected chi connectivity index (χ3v) is 10.7. The van der Waals surface area contributed by atoms with Gasteiger partial charge in [-0.05, 0) is 102 Å². The summed E-state index contributed by atoms with van der Waals surface area (Å²) in [6, 6.07) is 8.73. The Labute approximate surface area is 216 Å². The molecule has 0 bridgehead atoms. The van der Waals surface area contributed by atoms with Crippen LogP contribution in [0.2, 0.25) is 0 Å². The maximum Gasteiger partial charge on any atom is 0.129 e. The number of H-pyrrole nitrogens is 1. The van der Waals surface area contributed by atoms with Crippen LogP contribution in [0.4, 0.5) is 0 Å². The van der Waals surface area contributed by atoms with Crippen molar-refractivity contribution >= 4 is 17.2 Å². The molecular weight excluding hydrogens is 446 g/mol. The number of aromatic nitrogens is 1. The van der Waals surface area contributed by atoms with Gasteiger partial charge in [-0.25, -0.2) is 0 Å². The second kappa shape index (κ2) is 8.56. The number of para-hydroxylation sites is 1. The molecule has 196 valence electrons. The summed E-state index contributed by atoms with van der Waals surface area (Å²) in [6.07, 6.45) is 7.97. The summed E-state index contributed by atoms with van der Waals surface area (Å²) >= 11 is 0. The number of aliphatic hydroxyl groups is 1. The van der Waals surface area contributed by atoms with Crippen molar-refractivity contribution in [3.8, 4) is 0 Å². The molecule has 2 saturated carbocycles. The Morgan fingerprint density at radius 2 is 1.83 bits per heavy atom. The van der Waals surface area contributed by atoms with Crippen LogP contribution in [0.25, 0.3) is 10.9 Å². The first-order valence-electron chi connectivity index (χ1n) is 13.9. The average molecular weight is 492 g/mol. The highest BCUT2D eigenvalue weighted by Gasteiger charge is 2.69. The van der Waals surface area contributed by atoms with E-state index >= 15 is 0 Å². The highest BCUT2D eigenvalue weighted by Crippen LogP contribution is 2.71. The molecule has 0 amide bonds. The number of allylic oxidation sites excluding steroid dienone is 1. The Morgan fingerprint density at radius 1 is 1.14 bits per heavy atom. The SMILES string of the molecule is C=C(C)C.CC(C)(O)[C@@H]1CC[C@]2(C=O)C(CC[C@@]3(C)C2CCC2Cc4c([nH]c5ccccc45)[C@@]23C)O1. The maximum atomic E-state index is 12.9. The van der Waals surface area contributed by atoms with E-state index in [9.17, 15) is 9.90 Å². The minimum atomic E-state index is -0.871. The first kappa shape index (κ1) is 25.7. The number of benzene rings is 1. The van der Waals surface area contributed by atoms with Crippen LogP contribution in [0.1, 0.15) is 91.3 Å². The van der Waals surface area contributed by atoms with E-state index in [0.29, 0.717) is 11.8 Å². The summed E-state index contributed by atoms with van der Waals surface area (Å²) < 4.78 is 6.52. The zero-order valence-electron chi connectivity index (χ0n) is 23.1. The second-order valence-corrected chi connectivity index (χ2v) is 13.5. The van der Waals surface area contributed by atoms with Crippen molar-refractivity contribution in [3.63, 3.8) is 0 Å². The first-order chi connectivity index (χ1) is 16.9. The third kappa shape index (κ3) is 3.50. The van der Waals surface area contributed by atoms with E-state index in [1.165, 1.54) is 40.4 Å². The molecule has 3 fully saturated rings. The fourth-order valence-corrected chi connectivity index (χ4v) is 8.83. The second-order valence-electron chi connectivity index (χ2n) is 13.5. The minimum absolute atomic E-state index is 0.0400. The van der Waals surface area contributed by atoms with Crippen molar-refractivity contribution in [1.29, 1.82) is 0 Å². The molecule has 2 heterocycles. The first-order valence-corrected chi connectivity index (χ1v) is 13.9. The van der Waals surface area contributed by atoms with Crippen LogP contribution in [0.5, 0.6) is 0 Å². The number of rotatable bonds is 2. The number of carbonyl (C=O) groups is 1. The highest BCUT2D eigenvalue weighted by molar-refractivity contribution is 5.86. The quantitative estimate of drug-likeness (QED) is 0.355. The van der Waals surface area contributed by atoms with Gasteiger partial charge in [0.2, 0.25) is 0 Å². The van der Waals surface area contributed by atoms with Gasteiger partial charge >= 0.3 is 0 Å². The molecule has 1 aliphatic heterocycles. The Bertz CT molecular complexity index is 1170. The highest BCUT2D eigenvalue weighted by atomic mass is 16.5. The van der Waals surface area contributed by atoms with Gasteiger partial charge in [-0.15, -0.1) is 6.58 Å². The topological polar surface area (TPSA) is 62.3 Å². The summed E-state index contributed by atoms with van der Waals surface area (Å²) in [5.74, 6) is 0.941. The van der Waals surface area contributed by atoms with Gasteiger partial charge < -0.3 is 19.6 Å². The average Bonchev–Trinajstić information content (AvgIpc) is 3.32. The predicted octanol–water partition coefficient (Wildman–Crippen LogP) is 6.89. The molecule has 4 heteroatoms. The lowest BCUT2D eigenvalue weighted by atomic mass is 9.39. The number of carbonyl (C=O) groups excluding carboxylic acids is 1. The van der Waals surface area contributed by atoms with Gasteiger partial charge in [-0.2, -0.15) is 0 Å². The van der Waals surface area contributed by atoms with Crippen molar-refractivity contribution in [2.24, 2.45) is 22.7 Å². The number of ether oxygens (including phenoxy) is 1. The number of nitrogens with one attached hydrogen (secondary N) is 1. The van der Waals surface area contributed by atoms with Crippen LogP contribution < -0.4 is 0 Å². The van der Waals surface area contributed by atoms with Crippen LogP contribution >= 0.6 is 0 Å². The summed E-state index contributed by atoms with van der Waals surface area (Å²) in [7, 11) is 0. The Balaban J connectivity index is 0.000000623. The van der Waals surface area contributed by atoms with Crippen molar-refractivity contribution in [1.82, 2.24) is 4.98 Å². The third-order valence-electron chi connectivity index (χ3n) is 10.7. The number of hydrogen-bond donors (Lipinski definition) is 2. The van der Waals surface area contributed by atoms with Crippen molar-refractivity contribution in [2.75, 3.05) is 0 Å². The van der Waals surface area contributed by atoms with Crippen LogP contribution in [-0.4, -0.2) is 34.2 Å². The molecule has 1 saturated heterocycles. The molecule has 4 nitrogen and oxygen atoms in total. The van der Waals surface area contributed by atoms with Crippen LogP contribution in [-0.2, 0) is 21.4 Å². The van der Waals surface area contributed by atoms with Gasteiger partial charge in [0.15, 0.2) is 0 Å². The molecule has 3 unspecified atom stereocenters. The summed E-state index contributed by atoms with van der Waals surface area (Å²) in [5.41, 5.74) is 4.14. The van der Waals surface area contributed by atoms with Crippen LogP contribution in [0.3, 0.4) is 0 Å². The van der Waals surface area contributed by atoms with E-state index in [1.54, 1.807) is 0 Å². The molecule has 3 aliphatic carbocycles. The zero-order valence-corrected chi connectivity index (χ0v) is 23.1. The fourth-order valence-electron chi connectivity index (χ4n) is 8.83. The van der Waals surface area contributed by atoms with Gasteiger partial charge in [0, 0.05) is 22.0 Å². The number of aromatic amines is 1. The van der Waals surface area contributed by atoms with Gasteiger partial charge in [-0.1, -0.05) is 37.6 Å². The molecule has 36 heavy (non-hydrogen) atoms. The predicted molar refractivity (Wildman–Crippen MR) is 146 cm³/mol. The molecule has 4 aliphatic rings. The largest absolute Gasteiger partial charge is 0.388 e. The van der Waals surface area contributed by atoms with E-state index in [0.717, 1.165) is 38.5 Å². The van der Waals surface area contributed by atoms with E-state index in [4.69, 9.17) is 4.74 Å². The lowest BCUT2D eigenvalue weighted by Gasteiger charge is -2.66. The van der Waals surface area contributed by atoms with Gasteiger partial charge in [-0.3, -0.25) is 0 Å². The molecule has 7 atom stereocenters. The molecule has 1 aromatic carbocycles. The Morgan fingerprint density at radius 3 is 2.50 bits per heavy atom. The van der Waals surface area contributed by atoms with Crippen LogP contribution in [0.15, 0.2) is 36.4 Å². The van der Waals surface area contributed by atoms with Gasteiger partial charge in [0.1, 0.15) is 6.29 Å². The monoisotopic (exact) mass is 491 g/mol. The molecule has 6 rings (SSSR count). The molecular formula is C32H45NO3. The van der Waals surface area contributed by atoms with Crippen molar-refractivity contribution in [3.05, 3.63) is 47.7 Å². The molecule has 0 spiro atoms. The van der Waals surface area contributed by atoms with E-state index in [2.05, 4.69) is 49.7 Å². The van der Waals surface area contributed by atoms with E-state index < -0.39 is 11.0 Å². The number of fused-ring (bicyclic) bond motifs is 9. The molecule has 2 aromatic rings. The smallest absolute Gasteiger partial charge is 0.129 e. The van der Waals surface area contributed by atoms with Gasteiger partial charge in [0.05, 0.1) is 23.2 Å². The number of hydrogen-bond acceptors (Lipinski definition) is 3. The zero-order chi connectivity index (χ0) is 26.1. The summed E-state index contributed by atoms with van der Waals surface area (Å²) in [6.45, 7) is 16.1. The van der Waals surface area contributed by atoms with Crippen LogP contribution in [0, 0.1) is 22.7 Å². The van der Waals surface area contributed by atoms with Crippen molar-refractivity contribution < 1.29 is 14.6 Å². The standard InChI is InChI=1S/C28H37NO3.C4H8/c1-25(2,31)22-12-14-28(16-30)21-10-9-17-15-19-18-7-5-6-8-20(18)29-24(19)27(17,4)26(21,3)13-11-23(28)32-22;1-4(2)3/h5-8,16-17,21-23,29,31H,9-15H2,1-4H3;1H2,2-3H3/t17?,21?,22-,23?,26-,27+,28+;/m0./s1. The molecule has 2 N–H and O–H groups in total. The minimum Gasteiger partial charge on any atom is -0.388 e. The lowest BCUT2D eigenvalue weighted by molar-refractivity contribution is -0.240. The number of aldehydes is 1. The lowest BCUT2D eigenvalue weighted by Crippen LogP contribution is -2.66. The van der Waals surface area contributed by atoms with E-state index in [1.807, 2.05) is 27.7 Å². The van der Waals surface area contributed by atoms with E-state index in [-0.39, 0.29) is 23.0 Å². The maximum absolute atomic E-state index is 12.9.